The number of fused-ring (bicyclic) bond motifs is 2. The van der Waals surface area contributed by atoms with Crippen molar-refractivity contribution in [3.63, 3.8) is 0 Å². The second-order valence-corrected chi connectivity index (χ2v) is 6.24. The SMILES string of the molecule is O=C(NCC1CC2CCC1C2)c1cc(Cl)ccc1O. The number of benzene rings is 1. The molecule has 2 aliphatic rings. The van der Waals surface area contributed by atoms with Gasteiger partial charge in [-0.1, -0.05) is 18.0 Å². The third-order valence-corrected chi connectivity index (χ3v) is 4.85. The fourth-order valence-electron chi connectivity index (χ4n) is 3.64. The van der Waals surface area contributed by atoms with E-state index in [-0.39, 0.29) is 17.2 Å². The van der Waals surface area contributed by atoms with Crippen LogP contribution >= 0.6 is 11.6 Å². The fraction of sp³-hybridized carbons (Fsp3) is 0.533. The number of hydrogen-bond donors (Lipinski definition) is 2. The smallest absolute Gasteiger partial charge is 0.255 e. The lowest BCUT2D eigenvalue weighted by Gasteiger charge is -2.21. The summed E-state index contributed by atoms with van der Waals surface area (Å²) in [6.07, 6.45) is 5.26. The molecule has 2 N–H and O–H groups in total. The van der Waals surface area contributed by atoms with Gasteiger partial charge in [0, 0.05) is 11.6 Å². The van der Waals surface area contributed by atoms with E-state index in [1.807, 2.05) is 0 Å². The third kappa shape index (κ3) is 2.57. The van der Waals surface area contributed by atoms with Crippen LogP contribution in [0.1, 0.15) is 36.0 Å². The lowest BCUT2D eigenvalue weighted by atomic mass is 9.89. The van der Waals surface area contributed by atoms with E-state index in [4.69, 9.17) is 11.6 Å². The van der Waals surface area contributed by atoms with Crippen molar-refractivity contribution in [3.05, 3.63) is 28.8 Å². The van der Waals surface area contributed by atoms with Crippen LogP contribution in [0.25, 0.3) is 0 Å². The highest BCUT2D eigenvalue weighted by Crippen LogP contribution is 2.47. The van der Waals surface area contributed by atoms with Gasteiger partial charge in [0.15, 0.2) is 0 Å². The topological polar surface area (TPSA) is 49.3 Å². The van der Waals surface area contributed by atoms with Gasteiger partial charge < -0.3 is 10.4 Å². The second kappa shape index (κ2) is 5.04. The minimum absolute atomic E-state index is 0.0187. The number of amides is 1. The zero-order valence-corrected chi connectivity index (χ0v) is 11.5. The summed E-state index contributed by atoms with van der Waals surface area (Å²) in [5, 5.41) is 13.1. The molecule has 3 rings (SSSR count). The van der Waals surface area contributed by atoms with Gasteiger partial charge in [-0.25, -0.2) is 0 Å². The molecule has 0 spiro atoms. The monoisotopic (exact) mass is 279 g/mol. The number of nitrogens with one attached hydrogen (secondary N) is 1. The molecule has 0 saturated heterocycles. The molecule has 1 aromatic rings. The van der Waals surface area contributed by atoms with Crippen molar-refractivity contribution in [1.82, 2.24) is 5.32 Å². The number of phenolic OH excluding ortho intramolecular Hbond substituents is 1. The number of phenols is 1. The molecule has 3 nitrogen and oxygen atoms in total. The van der Waals surface area contributed by atoms with Gasteiger partial charge in [0.2, 0.25) is 0 Å². The van der Waals surface area contributed by atoms with Gasteiger partial charge in [-0.3, -0.25) is 4.79 Å². The molecule has 3 atom stereocenters. The van der Waals surface area contributed by atoms with Crippen LogP contribution in [-0.4, -0.2) is 17.6 Å². The van der Waals surface area contributed by atoms with Gasteiger partial charge >= 0.3 is 0 Å². The standard InChI is InChI=1S/C15H18ClNO2/c16-12-3-4-14(18)13(7-12)15(19)17-8-11-6-9-1-2-10(11)5-9/h3-4,7,9-11,18H,1-2,5-6,8H2,(H,17,19). The minimum atomic E-state index is -0.234. The number of halogens is 1. The maximum Gasteiger partial charge on any atom is 0.255 e. The Kier molecular flexibility index (Phi) is 3.40. The molecule has 1 aromatic carbocycles. The molecule has 0 radical (unpaired) electrons. The predicted octanol–water partition coefficient (Wildman–Crippen LogP) is 3.21. The zero-order chi connectivity index (χ0) is 13.4. The molecule has 4 heteroatoms. The van der Waals surface area contributed by atoms with Crippen molar-refractivity contribution in [2.75, 3.05) is 6.54 Å². The molecule has 0 aliphatic heterocycles. The van der Waals surface area contributed by atoms with E-state index in [1.165, 1.54) is 37.8 Å². The first-order valence-electron chi connectivity index (χ1n) is 6.90. The zero-order valence-electron chi connectivity index (χ0n) is 10.7. The van der Waals surface area contributed by atoms with E-state index < -0.39 is 0 Å². The number of carbonyl (C=O) groups excluding carboxylic acids is 1. The summed E-state index contributed by atoms with van der Waals surface area (Å²) in [5.74, 6) is 2.03. The Morgan fingerprint density at radius 3 is 2.89 bits per heavy atom. The number of hydrogen-bond acceptors (Lipinski definition) is 2. The molecule has 0 aromatic heterocycles. The van der Waals surface area contributed by atoms with Crippen LogP contribution in [0.15, 0.2) is 18.2 Å². The quantitative estimate of drug-likeness (QED) is 0.893. The van der Waals surface area contributed by atoms with Crippen LogP contribution in [0.5, 0.6) is 5.75 Å². The highest BCUT2D eigenvalue weighted by Gasteiger charge is 2.39. The molecular weight excluding hydrogens is 262 g/mol. The van der Waals surface area contributed by atoms with Crippen LogP contribution in [0, 0.1) is 17.8 Å². The Hall–Kier alpha value is -1.22. The van der Waals surface area contributed by atoms with E-state index in [9.17, 15) is 9.90 Å². The summed E-state index contributed by atoms with van der Waals surface area (Å²) in [6.45, 7) is 0.714. The largest absolute Gasteiger partial charge is 0.507 e. The first kappa shape index (κ1) is 12.8. The van der Waals surface area contributed by atoms with Crippen LogP contribution in [0.2, 0.25) is 5.02 Å². The molecular formula is C15H18ClNO2. The molecule has 2 aliphatic carbocycles. The summed E-state index contributed by atoms with van der Waals surface area (Å²) >= 11 is 5.85. The molecule has 102 valence electrons. The Labute approximate surface area is 118 Å². The third-order valence-electron chi connectivity index (χ3n) is 4.61. The summed E-state index contributed by atoms with van der Waals surface area (Å²) in [5.41, 5.74) is 0.260. The summed E-state index contributed by atoms with van der Waals surface area (Å²) in [6, 6.07) is 4.53. The lowest BCUT2D eigenvalue weighted by molar-refractivity contribution is 0.0939. The minimum Gasteiger partial charge on any atom is -0.507 e. The van der Waals surface area contributed by atoms with Gasteiger partial charge in [0.25, 0.3) is 5.91 Å². The first-order chi connectivity index (χ1) is 9.13. The van der Waals surface area contributed by atoms with Crippen LogP contribution in [0.4, 0.5) is 0 Å². The van der Waals surface area contributed by atoms with Crippen molar-refractivity contribution in [1.29, 1.82) is 0 Å². The van der Waals surface area contributed by atoms with E-state index >= 15 is 0 Å². The average molecular weight is 280 g/mol. The number of rotatable bonds is 3. The van der Waals surface area contributed by atoms with E-state index in [0.29, 0.717) is 17.5 Å². The molecule has 3 unspecified atom stereocenters. The number of aromatic hydroxyl groups is 1. The van der Waals surface area contributed by atoms with Crippen LogP contribution < -0.4 is 5.32 Å². The summed E-state index contributed by atoms with van der Waals surface area (Å²) in [7, 11) is 0. The Morgan fingerprint density at radius 1 is 1.37 bits per heavy atom. The van der Waals surface area contributed by atoms with E-state index in [2.05, 4.69) is 5.32 Å². The first-order valence-corrected chi connectivity index (χ1v) is 7.28. The lowest BCUT2D eigenvalue weighted by Crippen LogP contribution is -2.31. The van der Waals surface area contributed by atoms with Crippen molar-refractivity contribution < 1.29 is 9.90 Å². The fourth-order valence-corrected chi connectivity index (χ4v) is 3.81. The average Bonchev–Trinajstić information content (AvgIpc) is 3.01. The second-order valence-electron chi connectivity index (χ2n) is 5.81. The normalized spacial score (nSPS) is 28.6. The Bertz CT molecular complexity index is 503. The van der Waals surface area contributed by atoms with Gasteiger partial charge in [0.05, 0.1) is 5.56 Å². The maximum absolute atomic E-state index is 12.1. The van der Waals surface area contributed by atoms with Crippen molar-refractivity contribution in [3.8, 4) is 5.75 Å². The van der Waals surface area contributed by atoms with Gasteiger partial charge in [-0.2, -0.15) is 0 Å². The molecule has 19 heavy (non-hydrogen) atoms. The highest BCUT2D eigenvalue weighted by atomic mass is 35.5. The van der Waals surface area contributed by atoms with Crippen molar-refractivity contribution in [2.24, 2.45) is 17.8 Å². The van der Waals surface area contributed by atoms with Crippen LogP contribution in [-0.2, 0) is 0 Å². The Balaban J connectivity index is 1.61. The number of carbonyl (C=O) groups is 1. The summed E-state index contributed by atoms with van der Waals surface area (Å²) < 4.78 is 0. The van der Waals surface area contributed by atoms with E-state index in [1.54, 1.807) is 6.07 Å². The van der Waals surface area contributed by atoms with E-state index in [0.717, 1.165) is 11.8 Å². The molecule has 2 fully saturated rings. The van der Waals surface area contributed by atoms with Gasteiger partial charge in [0.1, 0.15) is 5.75 Å². The van der Waals surface area contributed by atoms with Crippen molar-refractivity contribution in [2.45, 2.75) is 25.7 Å². The predicted molar refractivity (Wildman–Crippen MR) is 74.4 cm³/mol. The summed E-state index contributed by atoms with van der Waals surface area (Å²) in [4.78, 5) is 12.1. The maximum atomic E-state index is 12.1. The molecule has 1 amide bonds. The van der Waals surface area contributed by atoms with Crippen molar-refractivity contribution >= 4 is 17.5 Å². The van der Waals surface area contributed by atoms with Gasteiger partial charge in [-0.05, 0) is 55.2 Å². The molecule has 0 heterocycles. The highest BCUT2D eigenvalue weighted by molar-refractivity contribution is 6.31. The van der Waals surface area contributed by atoms with Gasteiger partial charge in [-0.15, -0.1) is 0 Å². The molecule has 2 bridgehead atoms. The van der Waals surface area contributed by atoms with Crippen LogP contribution in [0.3, 0.4) is 0 Å². The molecule has 2 saturated carbocycles. The Morgan fingerprint density at radius 2 is 2.21 bits per heavy atom.